The van der Waals surface area contributed by atoms with E-state index in [4.69, 9.17) is 4.74 Å². The summed E-state index contributed by atoms with van der Waals surface area (Å²) in [5.74, 6) is 0. The largest absolute Gasteiger partial charge is 0.381 e. The third-order valence-electron chi connectivity index (χ3n) is 1.76. The first-order valence-corrected chi connectivity index (χ1v) is 5.30. The predicted molar refractivity (Wildman–Crippen MR) is 60.0 cm³/mol. The van der Waals surface area contributed by atoms with E-state index < -0.39 is 0 Å². The lowest BCUT2D eigenvalue weighted by Crippen LogP contribution is -1.84. The van der Waals surface area contributed by atoms with Crippen molar-refractivity contribution in [3.63, 3.8) is 0 Å². The van der Waals surface area contributed by atoms with Gasteiger partial charge in [-0.15, -0.1) is 0 Å². The zero-order chi connectivity index (χ0) is 9.52. The van der Waals surface area contributed by atoms with Crippen LogP contribution in [0.25, 0.3) is 6.08 Å². The van der Waals surface area contributed by atoms with Crippen molar-refractivity contribution in [3.8, 4) is 0 Å². The third kappa shape index (κ3) is 3.33. The number of halogens is 1. The summed E-state index contributed by atoms with van der Waals surface area (Å²) in [6.07, 6.45) is 4.10. The Hall–Kier alpha value is -0.600. The van der Waals surface area contributed by atoms with E-state index in [1.54, 1.807) is 7.11 Å². The van der Waals surface area contributed by atoms with Gasteiger partial charge in [0.15, 0.2) is 0 Å². The van der Waals surface area contributed by atoms with Gasteiger partial charge in [0.2, 0.25) is 0 Å². The minimum Gasteiger partial charge on any atom is -0.381 e. The lowest BCUT2D eigenvalue weighted by molar-refractivity contribution is 0.234. The Morgan fingerprint density at radius 3 is 2.85 bits per heavy atom. The molecule has 1 rings (SSSR count). The molecule has 0 aliphatic carbocycles. The van der Waals surface area contributed by atoms with Gasteiger partial charge in [-0.3, -0.25) is 0 Å². The van der Waals surface area contributed by atoms with Gasteiger partial charge in [0.05, 0.1) is 6.61 Å². The fourth-order valence-electron chi connectivity index (χ4n) is 1.09. The van der Waals surface area contributed by atoms with Gasteiger partial charge < -0.3 is 4.74 Å². The quantitative estimate of drug-likeness (QED) is 0.735. The van der Waals surface area contributed by atoms with Crippen molar-refractivity contribution in [2.45, 2.75) is 5.33 Å². The summed E-state index contributed by atoms with van der Waals surface area (Å²) in [5, 5.41) is 0.889. The van der Waals surface area contributed by atoms with Gasteiger partial charge >= 0.3 is 0 Å². The molecule has 0 heterocycles. The molecule has 0 radical (unpaired) electrons. The van der Waals surface area contributed by atoms with E-state index >= 15 is 0 Å². The zero-order valence-corrected chi connectivity index (χ0v) is 9.25. The molecule has 1 nitrogen and oxygen atoms in total. The van der Waals surface area contributed by atoms with Crippen LogP contribution in [0.5, 0.6) is 0 Å². The molecule has 0 unspecified atom stereocenters. The molecule has 1 aromatic carbocycles. The van der Waals surface area contributed by atoms with Gasteiger partial charge in [0, 0.05) is 12.4 Å². The molecule has 0 bridgehead atoms. The van der Waals surface area contributed by atoms with E-state index in [-0.39, 0.29) is 0 Å². The monoisotopic (exact) mass is 240 g/mol. The van der Waals surface area contributed by atoms with E-state index in [0.29, 0.717) is 6.61 Å². The van der Waals surface area contributed by atoms with Gasteiger partial charge in [-0.1, -0.05) is 52.3 Å². The second kappa shape index (κ2) is 5.95. The molecule has 0 aliphatic heterocycles. The van der Waals surface area contributed by atoms with Crippen LogP contribution in [0, 0.1) is 0 Å². The SMILES string of the molecule is COC/C=C/c1ccccc1CBr. The summed E-state index contributed by atoms with van der Waals surface area (Å²) in [5.41, 5.74) is 2.55. The summed E-state index contributed by atoms with van der Waals surface area (Å²) in [6, 6.07) is 8.30. The topological polar surface area (TPSA) is 9.23 Å². The molecule has 2 heteroatoms. The maximum absolute atomic E-state index is 4.94. The van der Waals surface area contributed by atoms with Gasteiger partial charge in [0.25, 0.3) is 0 Å². The summed E-state index contributed by atoms with van der Waals surface area (Å²) in [4.78, 5) is 0. The highest BCUT2D eigenvalue weighted by molar-refractivity contribution is 9.08. The standard InChI is InChI=1S/C11H13BrO/c1-13-8-4-7-10-5-2-3-6-11(10)9-12/h2-7H,8-9H2,1H3/b7-4+. The minimum atomic E-state index is 0.663. The van der Waals surface area contributed by atoms with E-state index in [0.717, 1.165) is 5.33 Å². The van der Waals surface area contributed by atoms with Crippen LogP contribution in [0.2, 0.25) is 0 Å². The normalized spacial score (nSPS) is 10.9. The maximum Gasteiger partial charge on any atom is 0.0646 e. The molecule has 0 N–H and O–H groups in total. The Bertz CT molecular complexity index is 281. The average Bonchev–Trinajstić information content (AvgIpc) is 2.19. The number of methoxy groups -OCH3 is 1. The summed E-state index contributed by atoms with van der Waals surface area (Å²) < 4.78 is 4.94. The van der Waals surface area contributed by atoms with Crippen molar-refractivity contribution in [1.82, 2.24) is 0 Å². The molecule has 70 valence electrons. The maximum atomic E-state index is 4.94. The first-order chi connectivity index (χ1) is 6.38. The summed E-state index contributed by atoms with van der Waals surface area (Å²) in [7, 11) is 1.70. The first-order valence-electron chi connectivity index (χ1n) is 4.18. The molecule has 0 aliphatic rings. The van der Waals surface area contributed by atoms with Crippen molar-refractivity contribution in [1.29, 1.82) is 0 Å². The molecule has 0 fully saturated rings. The second-order valence-electron chi connectivity index (χ2n) is 2.69. The number of ether oxygens (including phenoxy) is 1. The first kappa shape index (κ1) is 10.5. The minimum absolute atomic E-state index is 0.663. The Morgan fingerprint density at radius 2 is 2.15 bits per heavy atom. The summed E-state index contributed by atoms with van der Waals surface area (Å²) >= 11 is 3.45. The van der Waals surface area contributed by atoms with E-state index in [9.17, 15) is 0 Å². The Labute approximate surface area is 87.5 Å². The Kier molecular flexibility index (Phi) is 4.79. The van der Waals surface area contributed by atoms with Gasteiger partial charge in [-0.05, 0) is 11.1 Å². The highest BCUT2D eigenvalue weighted by Gasteiger charge is 1.94. The number of hydrogen-bond donors (Lipinski definition) is 0. The number of hydrogen-bond acceptors (Lipinski definition) is 1. The average molecular weight is 241 g/mol. The van der Waals surface area contributed by atoms with Gasteiger partial charge in [0.1, 0.15) is 0 Å². The molecular formula is C11H13BrO. The molecule has 0 saturated heterocycles. The van der Waals surface area contributed by atoms with Crippen molar-refractivity contribution in [2.24, 2.45) is 0 Å². The number of benzene rings is 1. The molecule has 0 aromatic heterocycles. The fourth-order valence-corrected chi connectivity index (χ4v) is 1.60. The molecule has 0 spiro atoms. The highest BCUT2D eigenvalue weighted by atomic mass is 79.9. The highest BCUT2D eigenvalue weighted by Crippen LogP contribution is 2.13. The van der Waals surface area contributed by atoms with Gasteiger partial charge in [-0.25, -0.2) is 0 Å². The fraction of sp³-hybridized carbons (Fsp3) is 0.273. The lowest BCUT2D eigenvalue weighted by atomic mass is 10.1. The van der Waals surface area contributed by atoms with Crippen LogP contribution in [-0.2, 0) is 10.1 Å². The van der Waals surface area contributed by atoms with Gasteiger partial charge in [-0.2, -0.15) is 0 Å². The van der Waals surface area contributed by atoms with Crippen molar-refractivity contribution in [2.75, 3.05) is 13.7 Å². The number of alkyl halides is 1. The molecule has 0 atom stereocenters. The summed E-state index contributed by atoms with van der Waals surface area (Å²) in [6.45, 7) is 0.663. The molecule has 0 saturated carbocycles. The van der Waals surface area contributed by atoms with Crippen LogP contribution in [0.3, 0.4) is 0 Å². The second-order valence-corrected chi connectivity index (χ2v) is 3.25. The molecular weight excluding hydrogens is 228 g/mol. The number of rotatable bonds is 4. The van der Waals surface area contributed by atoms with Crippen LogP contribution < -0.4 is 0 Å². The van der Waals surface area contributed by atoms with E-state index in [1.807, 2.05) is 18.2 Å². The third-order valence-corrected chi connectivity index (χ3v) is 2.36. The Morgan fingerprint density at radius 1 is 1.38 bits per heavy atom. The molecule has 1 aromatic rings. The van der Waals surface area contributed by atoms with Crippen LogP contribution in [0.1, 0.15) is 11.1 Å². The van der Waals surface area contributed by atoms with Crippen LogP contribution in [0.4, 0.5) is 0 Å². The van der Waals surface area contributed by atoms with Crippen LogP contribution in [0.15, 0.2) is 30.3 Å². The van der Waals surface area contributed by atoms with Crippen LogP contribution >= 0.6 is 15.9 Å². The van der Waals surface area contributed by atoms with Crippen LogP contribution in [-0.4, -0.2) is 13.7 Å². The predicted octanol–water partition coefficient (Wildman–Crippen LogP) is 3.24. The van der Waals surface area contributed by atoms with Crippen molar-refractivity contribution in [3.05, 3.63) is 41.5 Å². The van der Waals surface area contributed by atoms with E-state index in [1.165, 1.54) is 11.1 Å². The van der Waals surface area contributed by atoms with Crippen molar-refractivity contribution >= 4 is 22.0 Å². The molecule has 0 amide bonds. The van der Waals surface area contributed by atoms with E-state index in [2.05, 4.69) is 34.1 Å². The van der Waals surface area contributed by atoms with Crippen molar-refractivity contribution < 1.29 is 4.74 Å². The molecule has 13 heavy (non-hydrogen) atoms. The lowest BCUT2D eigenvalue weighted by Gasteiger charge is -2.00. The Balaban J connectivity index is 2.74. The zero-order valence-electron chi connectivity index (χ0n) is 7.66. The smallest absolute Gasteiger partial charge is 0.0646 e.